The summed E-state index contributed by atoms with van der Waals surface area (Å²) in [5.41, 5.74) is 3.08. The highest BCUT2D eigenvalue weighted by Gasteiger charge is 2.19. The molecule has 0 amide bonds. The van der Waals surface area contributed by atoms with E-state index < -0.39 is 5.97 Å². The fraction of sp³-hybridized carbons (Fsp3) is 0.217. The van der Waals surface area contributed by atoms with E-state index >= 15 is 0 Å². The SMILES string of the molecule is CCOC(=O)c1ccc(-n2cc(C#N)c(-c3ccc4c(c3)OCO4)c2)cc1OCOC. The van der Waals surface area contributed by atoms with Crippen molar-refractivity contribution in [1.82, 2.24) is 4.57 Å². The Bertz CT molecular complexity index is 1160. The minimum atomic E-state index is -0.480. The summed E-state index contributed by atoms with van der Waals surface area (Å²) in [6.45, 7) is 2.16. The molecule has 0 fully saturated rings. The summed E-state index contributed by atoms with van der Waals surface area (Å²) >= 11 is 0. The Balaban J connectivity index is 1.73. The van der Waals surface area contributed by atoms with Crippen LogP contribution in [0.3, 0.4) is 0 Å². The number of hydrogen-bond acceptors (Lipinski definition) is 7. The first kappa shape index (κ1) is 20.3. The van der Waals surface area contributed by atoms with Gasteiger partial charge in [-0.25, -0.2) is 4.79 Å². The smallest absolute Gasteiger partial charge is 0.341 e. The van der Waals surface area contributed by atoms with Crippen molar-refractivity contribution in [2.24, 2.45) is 0 Å². The van der Waals surface area contributed by atoms with Gasteiger partial charge in [-0.15, -0.1) is 0 Å². The molecule has 0 aliphatic carbocycles. The zero-order chi connectivity index (χ0) is 21.8. The minimum Gasteiger partial charge on any atom is -0.467 e. The summed E-state index contributed by atoms with van der Waals surface area (Å²) in [6.07, 6.45) is 3.56. The van der Waals surface area contributed by atoms with Crippen molar-refractivity contribution in [2.75, 3.05) is 27.3 Å². The van der Waals surface area contributed by atoms with E-state index in [1.165, 1.54) is 7.11 Å². The maximum absolute atomic E-state index is 12.2. The van der Waals surface area contributed by atoms with Crippen LogP contribution < -0.4 is 14.2 Å². The average molecular weight is 420 g/mol. The van der Waals surface area contributed by atoms with Gasteiger partial charge in [-0.1, -0.05) is 6.07 Å². The highest BCUT2D eigenvalue weighted by Crippen LogP contribution is 2.37. The molecule has 0 N–H and O–H groups in total. The first-order chi connectivity index (χ1) is 15.1. The van der Waals surface area contributed by atoms with Crippen LogP contribution in [-0.4, -0.2) is 37.8 Å². The Morgan fingerprint density at radius 2 is 2.00 bits per heavy atom. The van der Waals surface area contributed by atoms with Crippen LogP contribution in [0.5, 0.6) is 17.2 Å². The van der Waals surface area contributed by atoms with Crippen molar-refractivity contribution in [3.63, 3.8) is 0 Å². The lowest BCUT2D eigenvalue weighted by atomic mass is 10.0. The summed E-state index contributed by atoms with van der Waals surface area (Å²) in [7, 11) is 1.50. The number of methoxy groups -OCH3 is 1. The summed E-state index contributed by atoms with van der Waals surface area (Å²) in [5, 5.41) is 9.66. The van der Waals surface area contributed by atoms with Gasteiger partial charge in [0, 0.05) is 36.8 Å². The summed E-state index contributed by atoms with van der Waals surface area (Å²) in [4.78, 5) is 12.2. The van der Waals surface area contributed by atoms with E-state index in [1.807, 2.05) is 24.4 Å². The lowest BCUT2D eigenvalue weighted by Crippen LogP contribution is -2.10. The average Bonchev–Trinajstić information content (AvgIpc) is 3.44. The van der Waals surface area contributed by atoms with Crippen molar-refractivity contribution in [3.05, 3.63) is 59.9 Å². The first-order valence-electron chi connectivity index (χ1n) is 9.60. The van der Waals surface area contributed by atoms with Gasteiger partial charge in [-0.3, -0.25) is 0 Å². The number of hydrogen-bond donors (Lipinski definition) is 0. The molecule has 4 rings (SSSR count). The lowest BCUT2D eigenvalue weighted by Gasteiger charge is -2.12. The monoisotopic (exact) mass is 420 g/mol. The van der Waals surface area contributed by atoms with E-state index in [-0.39, 0.29) is 20.2 Å². The second kappa shape index (κ2) is 8.81. The third kappa shape index (κ3) is 4.04. The molecule has 0 bridgehead atoms. The second-order valence-corrected chi connectivity index (χ2v) is 6.62. The van der Waals surface area contributed by atoms with Crippen LogP contribution in [0.4, 0.5) is 0 Å². The fourth-order valence-corrected chi connectivity index (χ4v) is 3.28. The zero-order valence-corrected chi connectivity index (χ0v) is 17.1. The number of aromatic nitrogens is 1. The molecule has 2 aromatic carbocycles. The van der Waals surface area contributed by atoms with Gasteiger partial charge in [0.05, 0.1) is 12.2 Å². The molecule has 0 spiro atoms. The van der Waals surface area contributed by atoms with Gasteiger partial charge in [-0.2, -0.15) is 5.26 Å². The topological polar surface area (TPSA) is 91.9 Å². The number of fused-ring (bicyclic) bond motifs is 1. The standard InChI is InChI=1S/C23H20N2O6/c1-3-28-23(26)18-6-5-17(9-21(18)29-13-27-2)25-11-16(10-24)19(12-25)15-4-7-20-22(8-15)31-14-30-20/h4-9,11-12H,3,13-14H2,1-2H3. The van der Waals surface area contributed by atoms with Crippen molar-refractivity contribution in [1.29, 1.82) is 5.26 Å². The predicted octanol–water partition coefficient (Wildman–Crippen LogP) is 3.90. The van der Waals surface area contributed by atoms with Crippen LogP contribution in [0.15, 0.2) is 48.8 Å². The van der Waals surface area contributed by atoms with Gasteiger partial charge in [0.1, 0.15) is 17.4 Å². The van der Waals surface area contributed by atoms with Crippen molar-refractivity contribution in [3.8, 4) is 40.1 Å². The predicted molar refractivity (Wildman–Crippen MR) is 111 cm³/mol. The molecule has 8 heteroatoms. The van der Waals surface area contributed by atoms with Crippen LogP contribution in [0, 0.1) is 11.3 Å². The van der Waals surface area contributed by atoms with Crippen molar-refractivity contribution >= 4 is 5.97 Å². The van der Waals surface area contributed by atoms with Crippen molar-refractivity contribution < 1.29 is 28.5 Å². The van der Waals surface area contributed by atoms with E-state index in [2.05, 4.69) is 6.07 Å². The molecule has 1 aliphatic heterocycles. The molecule has 0 saturated carbocycles. The molecule has 0 atom stereocenters. The molecular formula is C23H20N2O6. The molecule has 2 heterocycles. The normalized spacial score (nSPS) is 11.8. The molecule has 158 valence electrons. The fourth-order valence-electron chi connectivity index (χ4n) is 3.28. The quantitative estimate of drug-likeness (QED) is 0.423. The number of nitrogens with zero attached hydrogens (tertiary/aromatic N) is 2. The van der Waals surface area contributed by atoms with E-state index in [9.17, 15) is 10.1 Å². The number of carbonyl (C=O) groups excluding carboxylic acids is 1. The highest BCUT2D eigenvalue weighted by molar-refractivity contribution is 5.93. The maximum atomic E-state index is 12.2. The van der Waals surface area contributed by atoms with Gasteiger partial charge in [0.25, 0.3) is 0 Å². The Kier molecular flexibility index (Phi) is 5.78. The number of esters is 1. The Labute approximate surface area is 179 Å². The van der Waals surface area contributed by atoms with E-state index in [4.69, 9.17) is 23.7 Å². The van der Waals surface area contributed by atoms with Gasteiger partial charge < -0.3 is 28.3 Å². The number of ether oxygens (including phenoxy) is 5. The molecular weight excluding hydrogens is 400 g/mol. The van der Waals surface area contributed by atoms with Crippen LogP contribution in [0.2, 0.25) is 0 Å². The van der Waals surface area contributed by atoms with Crippen LogP contribution in [-0.2, 0) is 9.47 Å². The molecule has 3 aromatic rings. The van der Waals surface area contributed by atoms with E-state index in [0.29, 0.717) is 34.1 Å². The van der Waals surface area contributed by atoms with Crippen LogP contribution in [0.25, 0.3) is 16.8 Å². The maximum Gasteiger partial charge on any atom is 0.341 e. The number of rotatable bonds is 7. The second-order valence-electron chi connectivity index (χ2n) is 6.62. The van der Waals surface area contributed by atoms with Crippen molar-refractivity contribution in [2.45, 2.75) is 6.92 Å². The first-order valence-corrected chi connectivity index (χ1v) is 9.60. The lowest BCUT2D eigenvalue weighted by molar-refractivity contribution is 0.0438. The molecule has 0 radical (unpaired) electrons. The molecule has 1 aromatic heterocycles. The van der Waals surface area contributed by atoms with E-state index in [0.717, 1.165) is 11.1 Å². The van der Waals surface area contributed by atoms with Crippen LogP contribution in [0.1, 0.15) is 22.8 Å². The van der Waals surface area contributed by atoms with Gasteiger partial charge in [-0.05, 0) is 36.8 Å². The molecule has 31 heavy (non-hydrogen) atoms. The molecule has 0 saturated heterocycles. The number of carbonyl (C=O) groups is 1. The Hall–Kier alpha value is -3.96. The van der Waals surface area contributed by atoms with E-state index in [1.54, 1.807) is 35.9 Å². The van der Waals surface area contributed by atoms with Gasteiger partial charge in [0.2, 0.25) is 6.79 Å². The largest absolute Gasteiger partial charge is 0.467 e. The highest BCUT2D eigenvalue weighted by atomic mass is 16.7. The summed E-state index contributed by atoms with van der Waals surface area (Å²) in [6, 6.07) is 12.9. The number of benzene rings is 2. The van der Waals surface area contributed by atoms with Gasteiger partial charge >= 0.3 is 5.97 Å². The molecule has 0 unspecified atom stereocenters. The van der Waals surface area contributed by atoms with Gasteiger partial charge in [0.15, 0.2) is 18.3 Å². The number of nitriles is 1. The Morgan fingerprint density at radius 1 is 1.16 bits per heavy atom. The van der Waals surface area contributed by atoms with Crippen LogP contribution >= 0.6 is 0 Å². The molecule has 1 aliphatic rings. The third-order valence-corrected chi connectivity index (χ3v) is 4.72. The third-order valence-electron chi connectivity index (χ3n) is 4.72. The molecule has 8 nitrogen and oxygen atoms in total. The Morgan fingerprint density at radius 3 is 2.77 bits per heavy atom. The minimum absolute atomic E-state index is 0.0204. The summed E-state index contributed by atoms with van der Waals surface area (Å²) in [5.74, 6) is 1.17. The zero-order valence-electron chi connectivity index (χ0n) is 17.1. The summed E-state index contributed by atoms with van der Waals surface area (Å²) < 4.78 is 28.3.